The molecule has 0 aliphatic rings. The number of rotatable bonds is 7. The minimum atomic E-state index is -0.414. The summed E-state index contributed by atoms with van der Waals surface area (Å²) < 4.78 is 16.2. The summed E-state index contributed by atoms with van der Waals surface area (Å²) in [4.78, 5) is 12.1. The summed E-state index contributed by atoms with van der Waals surface area (Å²) in [5.41, 5.74) is 0.792. The van der Waals surface area contributed by atoms with E-state index in [1.807, 2.05) is 25.1 Å². The molecular weight excluding hydrogens is 404 g/mol. The van der Waals surface area contributed by atoms with E-state index in [1.165, 1.54) is 18.4 Å². The molecule has 0 bridgehead atoms. The Hall–Kier alpha value is -1.24. The van der Waals surface area contributed by atoms with E-state index in [0.717, 1.165) is 10.9 Å². The van der Waals surface area contributed by atoms with Crippen molar-refractivity contribution in [1.29, 1.82) is 0 Å². The Morgan fingerprint density at radius 1 is 1.35 bits per heavy atom. The first-order valence-corrected chi connectivity index (χ1v) is 9.26. The highest BCUT2D eigenvalue weighted by atomic mass is 79.9. The zero-order valence-corrected chi connectivity index (χ0v) is 15.8. The summed E-state index contributed by atoms with van der Waals surface area (Å²) in [7, 11) is 1.34. The topological polar surface area (TPSA) is 44.8 Å². The van der Waals surface area contributed by atoms with Gasteiger partial charge in [0.05, 0.1) is 18.7 Å². The Balaban J connectivity index is 2.20. The molecule has 0 fully saturated rings. The van der Waals surface area contributed by atoms with Gasteiger partial charge in [0, 0.05) is 10.9 Å². The van der Waals surface area contributed by atoms with Crippen LogP contribution in [0.2, 0.25) is 5.02 Å². The summed E-state index contributed by atoms with van der Waals surface area (Å²) in [5.74, 6) is 0.678. The Kier molecular flexibility index (Phi) is 6.74. The number of methoxy groups -OCH3 is 1. The van der Waals surface area contributed by atoms with E-state index in [1.54, 1.807) is 11.4 Å². The van der Waals surface area contributed by atoms with Crippen LogP contribution in [-0.2, 0) is 4.74 Å². The molecule has 4 nitrogen and oxygen atoms in total. The van der Waals surface area contributed by atoms with Crippen LogP contribution in [0.25, 0.3) is 0 Å². The number of hydrogen-bond donors (Lipinski definition) is 0. The number of alkyl halides is 1. The van der Waals surface area contributed by atoms with Crippen LogP contribution in [0.4, 0.5) is 0 Å². The van der Waals surface area contributed by atoms with Crippen molar-refractivity contribution < 1.29 is 19.0 Å². The lowest BCUT2D eigenvalue weighted by molar-refractivity contribution is 0.0600. The van der Waals surface area contributed by atoms with Crippen LogP contribution < -0.4 is 9.47 Å². The van der Waals surface area contributed by atoms with Crippen molar-refractivity contribution in [1.82, 2.24) is 0 Å². The van der Waals surface area contributed by atoms with Gasteiger partial charge in [-0.05, 0) is 24.4 Å². The molecule has 0 spiro atoms. The average Bonchev–Trinajstić information content (AvgIpc) is 3.01. The molecule has 0 N–H and O–H groups in total. The van der Waals surface area contributed by atoms with Crippen LogP contribution in [0.1, 0.15) is 28.3 Å². The standard InChI is InChI=1S/C16H16BrClO4S/c1-10(22-13-6-9-23-15(13)16(19)20-2)11-4-3-5-12(14(11)18)21-8-7-17/h3-6,9-10H,7-8H2,1-2H3/t10-/m1/s1. The molecule has 0 saturated carbocycles. The predicted octanol–water partition coefficient (Wildman–Crippen LogP) is 5.10. The molecule has 0 aliphatic heterocycles. The molecule has 7 heteroatoms. The zero-order chi connectivity index (χ0) is 16.8. The van der Waals surface area contributed by atoms with Crippen molar-refractivity contribution in [2.75, 3.05) is 19.0 Å². The number of thiophene rings is 1. The highest BCUT2D eigenvalue weighted by Crippen LogP contribution is 2.36. The van der Waals surface area contributed by atoms with Crippen molar-refractivity contribution in [3.63, 3.8) is 0 Å². The lowest BCUT2D eigenvalue weighted by Crippen LogP contribution is -2.08. The second-order valence-electron chi connectivity index (χ2n) is 4.56. The fraction of sp³-hybridized carbons (Fsp3) is 0.312. The van der Waals surface area contributed by atoms with E-state index < -0.39 is 5.97 Å². The monoisotopic (exact) mass is 418 g/mol. The maximum atomic E-state index is 11.7. The smallest absolute Gasteiger partial charge is 0.351 e. The van der Waals surface area contributed by atoms with Gasteiger partial charge in [0.2, 0.25) is 0 Å². The summed E-state index contributed by atoms with van der Waals surface area (Å²) >= 11 is 11.0. The first-order chi connectivity index (χ1) is 11.1. The SMILES string of the molecule is COC(=O)c1sccc1O[C@H](C)c1cccc(OCCBr)c1Cl. The van der Waals surface area contributed by atoms with E-state index in [4.69, 9.17) is 25.8 Å². The van der Waals surface area contributed by atoms with Crippen molar-refractivity contribution in [3.8, 4) is 11.5 Å². The maximum Gasteiger partial charge on any atom is 0.351 e. The van der Waals surface area contributed by atoms with Gasteiger partial charge >= 0.3 is 5.97 Å². The second-order valence-corrected chi connectivity index (χ2v) is 6.65. The Morgan fingerprint density at radius 3 is 2.83 bits per heavy atom. The van der Waals surface area contributed by atoms with Gasteiger partial charge in [0.25, 0.3) is 0 Å². The van der Waals surface area contributed by atoms with Crippen LogP contribution >= 0.6 is 38.9 Å². The summed E-state index contributed by atoms with van der Waals surface area (Å²) in [6, 6.07) is 7.29. The minimum Gasteiger partial charge on any atom is -0.491 e. The largest absolute Gasteiger partial charge is 0.491 e. The van der Waals surface area contributed by atoms with E-state index in [9.17, 15) is 4.79 Å². The Bertz CT molecular complexity index is 674. The van der Waals surface area contributed by atoms with Gasteiger partial charge in [-0.25, -0.2) is 4.79 Å². The molecule has 0 radical (unpaired) electrons. The third-order valence-electron chi connectivity index (χ3n) is 3.07. The normalized spacial score (nSPS) is 11.8. The molecule has 0 amide bonds. The first kappa shape index (κ1) is 18.1. The molecule has 0 aliphatic carbocycles. The third-order valence-corrected chi connectivity index (χ3v) is 4.67. The number of benzene rings is 1. The molecule has 1 heterocycles. The van der Waals surface area contributed by atoms with Gasteiger partial charge in [-0.2, -0.15) is 0 Å². The van der Waals surface area contributed by atoms with Gasteiger partial charge in [-0.15, -0.1) is 11.3 Å². The number of hydrogen-bond acceptors (Lipinski definition) is 5. The molecule has 1 atom stereocenters. The second kappa shape index (κ2) is 8.57. The summed E-state index contributed by atoms with van der Waals surface area (Å²) in [5, 5.41) is 3.01. The zero-order valence-electron chi connectivity index (χ0n) is 12.7. The quantitative estimate of drug-likeness (QED) is 0.462. The van der Waals surface area contributed by atoms with Gasteiger partial charge in [0.15, 0.2) is 4.88 Å². The molecule has 2 aromatic rings. The number of carbonyl (C=O) groups is 1. The molecule has 1 aromatic heterocycles. The summed E-state index contributed by atoms with van der Waals surface area (Å²) in [6.07, 6.45) is -0.340. The number of halogens is 2. The lowest BCUT2D eigenvalue weighted by Gasteiger charge is -2.18. The average molecular weight is 420 g/mol. The van der Waals surface area contributed by atoms with Gasteiger partial charge in [-0.3, -0.25) is 0 Å². The van der Waals surface area contributed by atoms with Crippen LogP contribution in [0, 0.1) is 0 Å². The van der Waals surface area contributed by atoms with E-state index in [2.05, 4.69) is 15.9 Å². The fourth-order valence-corrected chi connectivity index (χ4v) is 3.22. The highest BCUT2D eigenvalue weighted by molar-refractivity contribution is 9.09. The van der Waals surface area contributed by atoms with E-state index in [0.29, 0.717) is 28.0 Å². The molecule has 1 aromatic carbocycles. The number of ether oxygens (including phenoxy) is 3. The molecule has 23 heavy (non-hydrogen) atoms. The summed E-state index contributed by atoms with van der Waals surface area (Å²) in [6.45, 7) is 2.39. The lowest BCUT2D eigenvalue weighted by atomic mass is 10.1. The van der Waals surface area contributed by atoms with Gasteiger partial charge in [0.1, 0.15) is 17.6 Å². The number of esters is 1. The predicted molar refractivity (Wildman–Crippen MR) is 95.4 cm³/mol. The highest BCUT2D eigenvalue weighted by Gasteiger charge is 2.20. The van der Waals surface area contributed by atoms with Crippen LogP contribution in [-0.4, -0.2) is 25.0 Å². The van der Waals surface area contributed by atoms with Crippen molar-refractivity contribution >= 4 is 44.8 Å². The van der Waals surface area contributed by atoms with Crippen LogP contribution in [0.5, 0.6) is 11.5 Å². The molecule has 0 saturated heterocycles. The van der Waals surface area contributed by atoms with Crippen LogP contribution in [0.15, 0.2) is 29.6 Å². The van der Waals surface area contributed by atoms with Crippen molar-refractivity contribution in [3.05, 3.63) is 45.1 Å². The third kappa shape index (κ3) is 4.40. The Morgan fingerprint density at radius 2 is 2.13 bits per heavy atom. The molecular formula is C16H16BrClO4S. The van der Waals surface area contributed by atoms with E-state index >= 15 is 0 Å². The maximum absolute atomic E-state index is 11.7. The van der Waals surface area contributed by atoms with Gasteiger partial charge in [-0.1, -0.05) is 39.7 Å². The minimum absolute atomic E-state index is 0.340. The van der Waals surface area contributed by atoms with Crippen molar-refractivity contribution in [2.24, 2.45) is 0 Å². The first-order valence-electron chi connectivity index (χ1n) is 6.88. The molecule has 2 rings (SSSR count). The van der Waals surface area contributed by atoms with Crippen molar-refractivity contribution in [2.45, 2.75) is 13.0 Å². The van der Waals surface area contributed by atoms with E-state index in [-0.39, 0.29) is 6.10 Å². The number of carbonyl (C=O) groups excluding carboxylic acids is 1. The molecule has 124 valence electrons. The fourth-order valence-electron chi connectivity index (χ4n) is 1.99. The van der Waals surface area contributed by atoms with Crippen LogP contribution in [0.3, 0.4) is 0 Å². The Labute approximate surface area is 152 Å². The molecule has 0 unspecified atom stereocenters. The van der Waals surface area contributed by atoms with Gasteiger partial charge < -0.3 is 14.2 Å².